The monoisotopic (exact) mass is 424 g/mol. The van der Waals surface area contributed by atoms with Gasteiger partial charge in [-0.2, -0.15) is 5.10 Å². The standard InChI is InChI=1S/C14H10BrClN6O3/c15-11-12(18-19-13(11)22(24)25)14(23)17-10-5-6-21(20-10)7-8-1-3-9(16)4-2-8/h1-6H,7H2,(H,18,19)(H,17,20,23). The van der Waals surface area contributed by atoms with Crippen LogP contribution in [-0.2, 0) is 6.54 Å². The summed E-state index contributed by atoms with van der Waals surface area (Å²) >= 11 is 8.83. The fourth-order valence-electron chi connectivity index (χ4n) is 2.06. The van der Waals surface area contributed by atoms with Crippen molar-refractivity contribution in [3.8, 4) is 0 Å². The van der Waals surface area contributed by atoms with E-state index in [1.54, 1.807) is 29.1 Å². The Hall–Kier alpha value is -2.72. The van der Waals surface area contributed by atoms with Crippen LogP contribution in [0.4, 0.5) is 11.6 Å². The fourth-order valence-corrected chi connectivity index (χ4v) is 2.69. The van der Waals surface area contributed by atoms with Crippen molar-refractivity contribution < 1.29 is 9.72 Å². The van der Waals surface area contributed by atoms with Crippen LogP contribution >= 0.6 is 27.5 Å². The second-order valence-electron chi connectivity index (χ2n) is 4.97. The molecule has 0 aliphatic heterocycles. The van der Waals surface area contributed by atoms with Crippen LogP contribution in [0.25, 0.3) is 0 Å². The maximum absolute atomic E-state index is 12.2. The molecule has 0 bridgehead atoms. The van der Waals surface area contributed by atoms with Crippen molar-refractivity contribution in [2.75, 3.05) is 5.32 Å². The number of aromatic amines is 1. The van der Waals surface area contributed by atoms with E-state index in [2.05, 4.69) is 36.5 Å². The fraction of sp³-hybridized carbons (Fsp3) is 0.0714. The van der Waals surface area contributed by atoms with Crippen LogP contribution in [0, 0.1) is 10.1 Å². The normalized spacial score (nSPS) is 10.6. The first-order valence-corrected chi connectivity index (χ1v) is 8.08. The van der Waals surface area contributed by atoms with Gasteiger partial charge in [-0.25, -0.2) is 0 Å². The van der Waals surface area contributed by atoms with Gasteiger partial charge in [0.2, 0.25) is 0 Å². The van der Waals surface area contributed by atoms with Gasteiger partial charge in [0.05, 0.1) is 6.54 Å². The number of carbonyl (C=O) groups is 1. The Kier molecular flexibility index (Phi) is 4.81. The van der Waals surface area contributed by atoms with Gasteiger partial charge in [0.15, 0.2) is 11.5 Å². The van der Waals surface area contributed by atoms with Gasteiger partial charge in [-0.1, -0.05) is 28.8 Å². The number of nitro groups is 1. The highest BCUT2D eigenvalue weighted by atomic mass is 79.9. The van der Waals surface area contributed by atoms with Crippen molar-refractivity contribution in [3.05, 3.63) is 67.4 Å². The molecule has 3 rings (SSSR count). The van der Waals surface area contributed by atoms with E-state index in [1.165, 1.54) is 0 Å². The van der Waals surface area contributed by atoms with E-state index in [9.17, 15) is 14.9 Å². The lowest BCUT2D eigenvalue weighted by atomic mass is 10.2. The number of anilines is 1. The first kappa shape index (κ1) is 17.1. The molecular formula is C14H10BrClN6O3. The average Bonchev–Trinajstić information content (AvgIpc) is 3.16. The Bertz CT molecular complexity index is 936. The van der Waals surface area contributed by atoms with Gasteiger partial charge in [0.25, 0.3) is 5.91 Å². The van der Waals surface area contributed by atoms with E-state index < -0.39 is 16.6 Å². The zero-order valence-electron chi connectivity index (χ0n) is 12.4. The summed E-state index contributed by atoms with van der Waals surface area (Å²) in [6, 6.07) is 8.93. The van der Waals surface area contributed by atoms with E-state index in [1.807, 2.05) is 12.1 Å². The van der Waals surface area contributed by atoms with E-state index >= 15 is 0 Å². The van der Waals surface area contributed by atoms with Crippen molar-refractivity contribution in [1.29, 1.82) is 0 Å². The summed E-state index contributed by atoms with van der Waals surface area (Å²) in [6.45, 7) is 0.505. The third kappa shape index (κ3) is 3.86. The molecule has 0 spiro atoms. The lowest BCUT2D eigenvalue weighted by Gasteiger charge is -2.02. The quantitative estimate of drug-likeness (QED) is 0.480. The van der Waals surface area contributed by atoms with E-state index in [0.717, 1.165) is 5.56 Å². The van der Waals surface area contributed by atoms with E-state index in [4.69, 9.17) is 11.6 Å². The Balaban J connectivity index is 1.69. The smallest absolute Gasteiger partial charge is 0.357 e. The molecule has 0 fully saturated rings. The third-order valence-electron chi connectivity index (χ3n) is 3.23. The van der Waals surface area contributed by atoms with Crippen LogP contribution in [0.1, 0.15) is 16.1 Å². The maximum Gasteiger partial charge on any atom is 0.357 e. The highest BCUT2D eigenvalue weighted by molar-refractivity contribution is 9.10. The number of amides is 1. The molecule has 0 radical (unpaired) electrons. The van der Waals surface area contributed by atoms with Crippen molar-refractivity contribution in [2.24, 2.45) is 0 Å². The molecule has 11 heteroatoms. The Morgan fingerprint density at radius 2 is 2.08 bits per heavy atom. The van der Waals surface area contributed by atoms with Crippen molar-refractivity contribution in [1.82, 2.24) is 20.0 Å². The molecule has 25 heavy (non-hydrogen) atoms. The van der Waals surface area contributed by atoms with Crippen molar-refractivity contribution >= 4 is 45.1 Å². The number of nitrogens with zero attached hydrogens (tertiary/aromatic N) is 4. The number of hydrogen-bond acceptors (Lipinski definition) is 5. The number of nitrogens with one attached hydrogen (secondary N) is 2. The number of H-pyrrole nitrogens is 1. The summed E-state index contributed by atoms with van der Waals surface area (Å²) in [6.07, 6.45) is 1.70. The molecule has 0 saturated carbocycles. The van der Waals surface area contributed by atoms with Gasteiger partial charge < -0.3 is 15.4 Å². The Morgan fingerprint density at radius 1 is 1.36 bits per heavy atom. The Labute approximate surface area is 154 Å². The van der Waals surface area contributed by atoms with Gasteiger partial charge in [-0.3, -0.25) is 9.48 Å². The number of rotatable bonds is 5. The molecule has 0 atom stereocenters. The van der Waals surface area contributed by atoms with Crippen LogP contribution in [0.3, 0.4) is 0 Å². The Morgan fingerprint density at radius 3 is 2.72 bits per heavy atom. The van der Waals surface area contributed by atoms with Gasteiger partial charge in [0, 0.05) is 17.3 Å². The molecule has 2 N–H and O–H groups in total. The molecule has 2 heterocycles. The minimum Gasteiger partial charge on any atom is -0.358 e. The predicted octanol–water partition coefficient (Wildman–Crippen LogP) is 3.23. The van der Waals surface area contributed by atoms with Crippen LogP contribution in [-0.4, -0.2) is 30.8 Å². The highest BCUT2D eigenvalue weighted by Gasteiger charge is 2.25. The molecule has 0 aliphatic carbocycles. The topological polar surface area (TPSA) is 119 Å². The van der Waals surface area contributed by atoms with Crippen LogP contribution in [0.15, 0.2) is 41.0 Å². The number of carbonyl (C=O) groups excluding carboxylic acids is 1. The number of halogens is 2. The zero-order valence-corrected chi connectivity index (χ0v) is 14.8. The summed E-state index contributed by atoms with van der Waals surface area (Å²) in [5.41, 5.74) is 0.870. The SMILES string of the molecule is O=C(Nc1ccn(Cc2ccc(Cl)cc2)n1)c1n[nH]c([N+](=O)[O-])c1Br. The molecule has 1 aromatic carbocycles. The summed E-state index contributed by atoms with van der Waals surface area (Å²) in [5, 5.41) is 24.0. The van der Waals surface area contributed by atoms with Crippen molar-refractivity contribution in [3.63, 3.8) is 0 Å². The second-order valence-corrected chi connectivity index (χ2v) is 6.20. The molecule has 0 aliphatic rings. The van der Waals surface area contributed by atoms with Crippen LogP contribution in [0.2, 0.25) is 5.02 Å². The van der Waals surface area contributed by atoms with E-state index in [0.29, 0.717) is 17.4 Å². The molecule has 0 saturated heterocycles. The van der Waals surface area contributed by atoms with Gasteiger partial charge in [-0.15, -0.1) is 5.10 Å². The lowest BCUT2D eigenvalue weighted by molar-refractivity contribution is -0.390. The minimum absolute atomic E-state index is 0.0180. The third-order valence-corrected chi connectivity index (χ3v) is 4.23. The highest BCUT2D eigenvalue weighted by Crippen LogP contribution is 2.25. The molecule has 2 aromatic heterocycles. The molecule has 1 amide bonds. The first-order valence-electron chi connectivity index (χ1n) is 6.91. The van der Waals surface area contributed by atoms with Gasteiger partial charge in [-0.05, 0) is 38.5 Å². The first-order chi connectivity index (χ1) is 11.9. The van der Waals surface area contributed by atoms with Crippen molar-refractivity contribution in [2.45, 2.75) is 6.54 Å². The summed E-state index contributed by atoms with van der Waals surface area (Å²) < 4.78 is 1.62. The maximum atomic E-state index is 12.2. The number of aromatic nitrogens is 4. The summed E-state index contributed by atoms with van der Waals surface area (Å²) in [7, 11) is 0. The largest absolute Gasteiger partial charge is 0.358 e. The molecular weight excluding hydrogens is 416 g/mol. The lowest BCUT2D eigenvalue weighted by Crippen LogP contribution is -2.14. The average molecular weight is 426 g/mol. The molecule has 0 unspecified atom stereocenters. The van der Waals surface area contributed by atoms with Gasteiger partial charge in [0.1, 0.15) is 4.47 Å². The summed E-state index contributed by atoms with van der Waals surface area (Å²) in [5.74, 6) is -0.706. The minimum atomic E-state index is -0.672. The number of benzene rings is 1. The molecule has 9 nitrogen and oxygen atoms in total. The predicted molar refractivity (Wildman–Crippen MR) is 93.7 cm³/mol. The molecule has 3 aromatic rings. The zero-order chi connectivity index (χ0) is 18.0. The van der Waals surface area contributed by atoms with E-state index in [-0.39, 0.29) is 10.2 Å². The molecule has 128 valence electrons. The van der Waals surface area contributed by atoms with Gasteiger partial charge >= 0.3 is 5.82 Å². The van der Waals surface area contributed by atoms with Crippen LogP contribution < -0.4 is 5.32 Å². The van der Waals surface area contributed by atoms with Crippen LogP contribution in [0.5, 0.6) is 0 Å². The number of hydrogen-bond donors (Lipinski definition) is 2. The second kappa shape index (κ2) is 7.03. The summed E-state index contributed by atoms with van der Waals surface area (Å²) in [4.78, 5) is 22.3.